The van der Waals surface area contributed by atoms with Gasteiger partial charge in [0.2, 0.25) is 0 Å². The van der Waals surface area contributed by atoms with Crippen LogP contribution in [0.4, 0.5) is 0 Å². The predicted molar refractivity (Wildman–Crippen MR) is 43.0 cm³/mol. The summed E-state index contributed by atoms with van der Waals surface area (Å²) >= 11 is 6.73. The third-order valence-corrected chi connectivity index (χ3v) is 2.44. The van der Waals surface area contributed by atoms with Crippen LogP contribution in [-0.2, 0) is 10.6 Å². The Morgan fingerprint density at radius 2 is 2.64 bits per heavy atom. The molecule has 3 nitrogen and oxygen atoms in total. The van der Waals surface area contributed by atoms with Crippen molar-refractivity contribution < 1.29 is 9.53 Å². The van der Waals surface area contributed by atoms with Gasteiger partial charge in [-0.25, -0.2) is 9.78 Å². The number of nitrogens with zero attached hydrogens (tertiary/aromatic N) is 1. The Labute approximate surface area is 73.0 Å². The number of ether oxygens (including phenoxy) is 1. The third-order valence-electron chi connectivity index (χ3n) is 1.05. The lowest BCUT2D eigenvalue weighted by atomic mass is 10.6. The lowest BCUT2D eigenvalue weighted by molar-refractivity contribution is 0.0606. The number of alkyl halides is 1. The van der Waals surface area contributed by atoms with Crippen LogP contribution in [-0.4, -0.2) is 18.1 Å². The standard InChI is InChI=1S/C6H6ClNO2S/c1-10-6(9)4-3-8-5(2-7)11-4/h3H,2H2,1H3. The van der Waals surface area contributed by atoms with Gasteiger partial charge in [-0.2, -0.15) is 0 Å². The van der Waals surface area contributed by atoms with Crippen LogP contribution in [0.1, 0.15) is 14.7 Å². The molecular formula is C6H6ClNO2S. The smallest absolute Gasteiger partial charge is 0.349 e. The van der Waals surface area contributed by atoms with Crippen molar-refractivity contribution in [3.8, 4) is 0 Å². The van der Waals surface area contributed by atoms with Crippen LogP contribution < -0.4 is 0 Å². The summed E-state index contributed by atoms with van der Waals surface area (Å²) in [5.41, 5.74) is 0. The summed E-state index contributed by atoms with van der Waals surface area (Å²) in [5, 5.41) is 0.729. The van der Waals surface area contributed by atoms with Crippen molar-refractivity contribution in [3.05, 3.63) is 16.1 Å². The molecule has 0 aliphatic carbocycles. The van der Waals surface area contributed by atoms with Crippen molar-refractivity contribution in [1.82, 2.24) is 4.98 Å². The number of rotatable bonds is 2. The molecule has 0 amide bonds. The van der Waals surface area contributed by atoms with Crippen molar-refractivity contribution in [2.24, 2.45) is 0 Å². The Hall–Kier alpha value is -0.610. The molecule has 0 aliphatic heterocycles. The number of esters is 1. The van der Waals surface area contributed by atoms with Crippen molar-refractivity contribution in [1.29, 1.82) is 0 Å². The van der Waals surface area contributed by atoms with E-state index in [2.05, 4.69) is 9.72 Å². The normalized spacial score (nSPS) is 9.64. The lowest BCUT2D eigenvalue weighted by Crippen LogP contribution is -1.96. The first-order valence-corrected chi connectivity index (χ1v) is 4.22. The summed E-state index contributed by atoms with van der Waals surface area (Å²) in [6, 6.07) is 0. The number of hydrogen-bond donors (Lipinski definition) is 0. The van der Waals surface area contributed by atoms with Gasteiger partial charge in [-0.15, -0.1) is 22.9 Å². The molecule has 1 aromatic rings. The molecule has 0 aromatic carbocycles. The SMILES string of the molecule is COC(=O)c1cnc(CCl)s1. The summed E-state index contributed by atoms with van der Waals surface area (Å²) < 4.78 is 4.48. The fourth-order valence-corrected chi connectivity index (χ4v) is 1.49. The van der Waals surface area contributed by atoms with E-state index >= 15 is 0 Å². The van der Waals surface area contributed by atoms with Gasteiger partial charge in [0.1, 0.15) is 9.88 Å². The molecule has 60 valence electrons. The highest BCUT2D eigenvalue weighted by molar-refractivity contribution is 7.13. The fourth-order valence-electron chi connectivity index (χ4n) is 0.567. The zero-order valence-electron chi connectivity index (χ0n) is 5.83. The summed E-state index contributed by atoms with van der Waals surface area (Å²) in [6.45, 7) is 0. The Balaban J connectivity index is 2.80. The Bertz CT molecular complexity index is 261. The van der Waals surface area contributed by atoms with Crippen LogP contribution in [0.5, 0.6) is 0 Å². The largest absolute Gasteiger partial charge is 0.465 e. The quantitative estimate of drug-likeness (QED) is 0.527. The molecule has 0 aliphatic rings. The molecule has 1 heterocycles. The second kappa shape index (κ2) is 3.69. The highest BCUT2D eigenvalue weighted by atomic mass is 35.5. The van der Waals surface area contributed by atoms with Crippen LogP contribution in [0.15, 0.2) is 6.20 Å². The number of halogens is 1. The van der Waals surface area contributed by atoms with E-state index in [1.165, 1.54) is 24.6 Å². The molecule has 0 radical (unpaired) electrons. The number of aromatic nitrogens is 1. The van der Waals surface area contributed by atoms with Gasteiger partial charge in [-0.1, -0.05) is 0 Å². The Morgan fingerprint density at radius 3 is 3.09 bits per heavy atom. The van der Waals surface area contributed by atoms with Gasteiger partial charge in [0, 0.05) is 0 Å². The van der Waals surface area contributed by atoms with E-state index in [0.717, 1.165) is 5.01 Å². The van der Waals surface area contributed by atoms with Crippen LogP contribution in [0.25, 0.3) is 0 Å². The molecule has 0 spiro atoms. The van der Waals surface area contributed by atoms with Gasteiger partial charge in [0.25, 0.3) is 0 Å². The average molecular weight is 192 g/mol. The van der Waals surface area contributed by atoms with E-state index < -0.39 is 0 Å². The van der Waals surface area contributed by atoms with Gasteiger partial charge in [-0.05, 0) is 0 Å². The van der Waals surface area contributed by atoms with E-state index in [4.69, 9.17) is 11.6 Å². The predicted octanol–water partition coefficient (Wildman–Crippen LogP) is 1.67. The molecule has 0 atom stereocenters. The molecule has 0 N–H and O–H groups in total. The minimum absolute atomic E-state index is 0.335. The minimum atomic E-state index is -0.362. The maximum absolute atomic E-state index is 10.8. The molecule has 0 fully saturated rings. The maximum atomic E-state index is 10.8. The molecule has 0 bridgehead atoms. The monoisotopic (exact) mass is 191 g/mol. The van der Waals surface area contributed by atoms with Gasteiger partial charge >= 0.3 is 5.97 Å². The van der Waals surface area contributed by atoms with Crippen molar-refractivity contribution in [2.75, 3.05) is 7.11 Å². The number of methoxy groups -OCH3 is 1. The molecule has 1 rings (SSSR count). The number of hydrogen-bond acceptors (Lipinski definition) is 4. The van der Waals surface area contributed by atoms with Gasteiger partial charge in [0.05, 0.1) is 19.2 Å². The molecular weight excluding hydrogens is 186 g/mol. The topological polar surface area (TPSA) is 39.2 Å². The second-order valence-electron chi connectivity index (χ2n) is 1.74. The lowest BCUT2D eigenvalue weighted by Gasteiger charge is -1.89. The van der Waals surface area contributed by atoms with E-state index in [-0.39, 0.29) is 5.97 Å². The van der Waals surface area contributed by atoms with Crippen LogP contribution in [0.2, 0.25) is 0 Å². The zero-order valence-corrected chi connectivity index (χ0v) is 7.41. The maximum Gasteiger partial charge on any atom is 0.349 e. The summed E-state index contributed by atoms with van der Waals surface area (Å²) in [5.74, 6) is -0.0272. The molecule has 0 unspecified atom stereocenters. The van der Waals surface area contributed by atoms with E-state index in [9.17, 15) is 4.79 Å². The fraction of sp³-hybridized carbons (Fsp3) is 0.333. The first-order chi connectivity index (χ1) is 5.27. The third kappa shape index (κ3) is 1.91. The first kappa shape index (κ1) is 8.49. The Morgan fingerprint density at radius 1 is 1.91 bits per heavy atom. The van der Waals surface area contributed by atoms with Gasteiger partial charge < -0.3 is 4.74 Å². The number of carbonyl (C=O) groups excluding carboxylic acids is 1. The van der Waals surface area contributed by atoms with Crippen LogP contribution in [0, 0.1) is 0 Å². The van der Waals surface area contributed by atoms with Crippen molar-refractivity contribution in [2.45, 2.75) is 5.88 Å². The van der Waals surface area contributed by atoms with E-state index in [1.54, 1.807) is 0 Å². The molecule has 1 aromatic heterocycles. The second-order valence-corrected chi connectivity index (χ2v) is 3.13. The molecule has 0 saturated heterocycles. The first-order valence-electron chi connectivity index (χ1n) is 2.87. The zero-order chi connectivity index (χ0) is 8.27. The van der Waals surface area contributed by atoms with Crippen LogP contribution >= 0.6 is 22.9 Å². The summed E-state index contributed by atoms with van der Waals surface area (Å²) in [4.78, 5) is 15.2. The molecule has 11 heavy (non-hydrogen) atoms. The highest BCUT2D eigenvalue weighted by Gasteiger charge is 2.08. The van der Waals surface area contributed by atoms with E-state index in [0.29, 0.717) is 10.8 Å². The van der Waals surface area contributed by atoms with Gasteiger partial charge in [0.15, 0.2) is 0 Å². The van der Waals surface area contributed by atoms with Crippen molar-refractivity contribution >= 4 is 28.9 Å². The number of carbonyl (C=O) groups is 1. The van der Waals surface area contributed by atoms with Crippen LogP contribution in [0.3, 0.4) is 0 Å². The van der Waals surface area contributed by atoms with Gasteiger partial charge in [-0.3, -0.25) is 0 Å². The van der Waals surface area contributed by atoms with E-state index in [1.807, 2.05) is 0 Å². The number of thiazole rings is 1. The molecule has 0 saturated carbocycles. The highest BCUT2D eigenvalue weighted by Crippen LogP contribution is 2.15. The summed E-state index contributed by atoms with van der Waals surface area (Å²) in [6.07, 6.45) is 1.47. The minimum Gasteiger partial charge on any atom is -0.465 e. The summed E-state index contributed by atoms with van der Waals surface area (Å²) in [7, 11) is 1.34. The Kier molecular flexibility index (Phi) is 2.84. The van der Waals surface area contributed by atoms with Crippen molar-refractivity contribution in [3.63, 3.8) is 0 Å². The average Bonchev–Trinajstić information content (AvgIpc) is 2.50. The molecule has 5 heteroatoms.